The SMILES string of the molecule is COc1ccc(-c2nsc(NC(=O)C3COc4ccccc4O3)n2)cc1. The fourth-order valence-corrected chi connectivity index (χ4v) is 3.06. The highest BCUT2D eigenvalue weighted by molar-refractivity contribution is 7.10. The van der Waals surface area contributed by atoms with Crippen molar-refractivity contribution < 1.29 is 19.0 Å². The van der Waals surface area contributed by atoms with E-state index >= 15 is 0 Å². The number of para-hydroxylation sites is 2. The normalized spacial score (nSPS) is 15.3. The summed E-state index contributed by atoms with van der Waals surface area (Å²) >= 11 is 1.11. The van der Waals surface area contributed by atoms with Crippen LogP contribution in [0.25, 0.3) is 11.4 Å². The van der Waals surface area contributed by atoms with E-state index in [4.69, 9.17) is 14.2 Å². The third-order valence-electron chi connectivity index (χ3n) is 3.81. The van der Waals surface area contributed by atoms with E-state index in [0.29, 0.717) is 22.5 Å². The van der Waals surface area contributed by atoms with Crippen LogP contribution in [-0.2, 0) is 4.79 Å². The molecular weight excluding hydrogens is 354 g/mol. The zero-order valence-electron chi connectivity index (χ0n) is 13.8. The van der Waals surface area contributed by atoms with Crippen LogP contribution in [0, 0.1) is 0 Å². The number of amides is 1. The molecule has 132 valence electrons. The van der Waals surface area contributed by atoms with E-state index in [2.05, 4.69) is 14.7 Å². The van der Waals surface area contributed by atoms with Crippen LogP contribution in [0.5, 0.6) is 17.2 Å². The van der Waals surface area contributed by atoms with Gasteiger partial charge in [-0.1, -0.05) is 12.1 Å². The van der Waals surface area contributed by atoms with Gasteiger partial charge >= 0.3 is 0 Å². The second kappa shape index (κ2) is 7.01. The Bertz CT molecular complexity index is 926. The number of anilines is 1. The minimum absolute atomic E-state index is 0.146. The zero-order valence-corrected chi connectivity index (χ0v) is 14.7. The molecule has 1 amide bonds. The average molecular weight is 369 g/mol. The summed E-state index contributed by atoms with van der Waals surface area (Å²) < 4.78 is 20.7. The lowest BCUT2D eigenvalue weighted by molar-refractivity contribution is -0.125. The van der Waals surface area contributed by atoms with Crippen LogP contribution < -0.4 is 19.5 Å². The minimum Gasteiger partial charge on any atom is -0.497 e. The van der Waals surface area contributed by atoms with E-state index in [1.54, 1.807) is 19.2 Å². The van der Waals surface area contributed by atoms with Gasteiger partial charge in [-0.2, -0.15) is 9.36 Å². The van der Waals surface area contributed by atoms with Gasteiger partial charge in [-0.25, -0.2) is 0 Å². The Morgan fingerprint density at radius 1 is 1.19 bits per heavy atom. The van der Waals surface area contributed by atoms with E-state index in [0.717, 1.165) is 22.8 Å². The van der Waals surface area contributed by atoms with Crippen LogP contribution >= 0.6 is 11.5 Å². The second-order valence-electron chi connectivity index (χ2n) is 5.51. The van der Waals surface area contributed by atoms with Gasteiger partial charge in [-0.05, 0) is 36.4 Å². The summed E-state index contributed by atoms with van der Waals surface area (Å²) in [7, 11) is 1.61. The standard InChI is InChI=1S/C18H15N3O4S/c1-23-12-8-6-11(7-9-12)16-19-18(26-21-16)20-17(22)15-10-24-13-4-2-3-5-14(13)25-15/h2-9,15H,10H2,1H3,(H,19,20,21,22). The third kappa shape index (κ3) is 3.31. The fourth-order valence-electron chi connectivity index (χ4n) is 2.47. The number of carbonyl (C=O) groups excluding carboxylic acids is 1. The Hall–Kier alpha value is -3.13. The van der Waals surface area contributed by atoms with E-state index in [1.165, 1.54) is 0 Å². The third-order valence-corrected chi connectivity index (χ3v) is 4.44. The number of carbonyl (C=O) groups is 1. The first-order valence-electron chi connectivity index (χ1n) is 7.90. The number of benzene rings is 2. The molecule has 1 atom stereocenters. The van der Waals surface area contributed by atoms with Crippen molar-refractivity contribution in [3.63, 3.8) is 0 Å². The van der Waals surface area contributed by atoms with Gasteiger partial charge in [-0.3, -0.25) is 10.1 Å². The number of methoxy groups -OCH3 is 1. The van der Waals surface area contributed by atoms with Gasteiger partial charge in [0.15, 0.2) is 17.3 Å². The number of ether oxygens (including phenoxy) is 3. The quantitative estimate of drug-likeness (QED) is 0.761. The molecule has 2 aromatic carbocycles. The van der Waals surface area contributed by atoms with E-state index in [-0.39, 0.29) is 12.5 Å². The Kier molecular flexibility index (Phi) is 4.40. The highest BCUT2D eigenvalue weighted by atomic mass is 32.1. The van der Waals surface area contributed by atoms with Crippen molar-refractivity contribution in [1.82, 2.24) is 9.36 Å². The van der Waals surface area contributed by atoms with Crippen LogP contribution in [0.2, 0.25) is 0 Å². The molecule has 7 nitrogen and oxygen atoms in total. The maximum atomic E-state index is 12.4. The molecule has 1 unspecified atom stereocenters. The van der Waals surface area contributed by atoms with Gasteiger partial charge in [0, 0.05) is 17.1 Å². The molecule has 1 N–H and O–H groups in total. The van der Waals surface area contributed by atoms with Crippen LogP contribution in [-0.4, -0.2) is 35.1 Å². The lowest BCUT2D eigenvalue weighted by Gasteiger charge is -2.25. The summed E-state index contributed by atoms with van der Waals surface area (Å²) in [6, 6.07) is 14.6. The lowest BCUT2D eigenvalue weighted by atomic mass is 10.2. The molecule has 4 rings (SSSR count). The first kappa shape index (κ1) is 16.3. The minimum atomic E-state index is -0.738. The summed E-state index contributed by atoms with van der Waals surface area (Å²) in [5.41, 5.74) is 0.841. The fraction of sp³-hybridized carbons (Fsp3) is 0.167. The number of fused-ring (bicyclic) bond motifs is 1. The van der Waals surface area contributed by atoms with Crippen molar-refractivity contribution in [1.29, 1.82) is 0 Å². The number of aromatic nitrogens is 2. The number of nitrogens with zero attached hydrogens (tertiary/aromatic N) is 2. The number of nitrogens with one attached hydrogen (secondary N) is 1. The summed E-state index contributed by atoms with van der Waals surface area (Å²) in [5, 5.41) is 3.14. The Labute approximate surface area is 153 Å². The molecule has 0 saturated heterocycles. The van der Waals surface area contributed by atoms with Gasteiger partial charge < -0.3 is 14.2 Å². The van der Waals surface area contributed by atoms with Crippen molar-refractivity contribution >= 4 is 22.6 Å². The molecular formula is C18H15N3O4S. The van der Waals surface area contributed by atoms with E-state index in [9.17, 15) is 4.79 Å². The van der Waals surface area contributed by atoms with Crippen molar-refractivity contribution in [3.8, 4) is 28.6 Å². The average Bonchev–Trinajstić information content (AvgIpc) is 3.16. The van der Waals surface area contributed by atoms with E-state index in [1.807, 2.05) is 36.4 Å². The highest BCUT2D eigenvalue weighted by Crippen LogP contribution is 2.31. The molecule has 1 aromatic heterocycles. The molecule has 8 heteroatoms. The van der Waals surface area contributed by atoms with Crippen LogP contribution in [0.4, 0.5) is 5.13 Å². The molecule has 0 aliphatic carbocycles. The Morgan fingerprint density at radius 2 is 1.96 bits per heavy atom. The second-order valence-corrected chi connectivity index (χ2v) is 6.26. The van der Waals surface area contributed by atoms with Crippen LogP contribution in [0.15, 0.2) is 48.5 Å². The Morgan fingerprint density at radius 3 is 2.73 bits per heavy atom. The van der Waals surface area contributed by atoms with Crippen LogP contribution in [0.1, 0.15) is 0 Å². The number of rotatable bonds is 4. The van der Waals surface area contributed by atoms with E-state index < -0.39 is 6.10 Å². The molecule has 1 aliphatic heterocycles. The summed E-state index contributed by atoms with van der Waals surface area (Å²) in [5.74, 6) is 2.16. The molecule has 26 heavy (non-hydrogen) atoms. The predicted molar refractivity (Wildman–Crippen MR) is 96.9 cm³/mol. The van der Waals surface area contributed by atoms with Crippen molar-refractivity contribution in [2.45, 2.75) is 6.10 Å². The lowest BCUT2D eigenvalue weighted by Crippen LogP contribution is -2.40. The predicted octanol–water partition coefficient (Wildman–Crippen LogP) is 2.99. The van der Waals surface area contributed by atoms with Crippen molar-refractivity contribution in [2.75, 3.05) is 19.0 Å². The molecule has 1 aliphatic rings. The largest absolute Gasteiger partial charge is 0.497 e. The summed E-state index contributed by atoms with van der Waals surface area (Å²) in [6.45, 7) is 0.146. The molecule has 3 aromatic rings. The number of hydrogen-bond donors (Lipinski definition) is 1. The molecule has 0 fully saturated rings. The van der Waals surface area contributed by atoms with Crippen molar-refractivity contribution in [3.05, 3.63) is 48.5 Å². The first-order valence-corrected chi connectivity index (χ1v) is 8.68. The number of hydrogen-bond acceptors (Lipinski definition) is 7. The molecule has 0 bridgehead atoms. The molecule has 0 saturated carbocycles. The first-order chi connectivity index (χ1) is 12.7. The molecule has 0 spiro atoms. The van der Waals surface area contributed by atoms with Gasteiger partial charge in [0.25, 0.3) is 5.91 Å². The topological polar surface area (TPSA) is 82.6 Å². The zero-order chi connectivity index (χ0) is 17.9. The van der Waals surface area contributed by atoms with Gasteiger partial charge in [0.1, 0.15) is 12.4 Å². The van der Waals surface area contributed by atoms with Gasteiger partial charge in [0.2, 0.25) is 11.2 Å². The van der Waals surface area contributed by atoms with Crippen molar-refractivity contribution in [2.24, 2.45) is 0 Å². The highest BCUT2D eigenvalue weighted by Gasteiger charge is 2.28. The molecule has 0 radical (unpaired) electrons. The van der Waals surface area contributed by atoms with Gasteiger partial charge in [-0.15, -0.1) is 0 Å². The monoisotopic (exact) mass is 369 g/mol. The smallest absolute Gasteiger partial charge is 0.270 e. The summed E-state index contributed by atoms with van der Waals surface area (Å²) in [4.78, 5) is 16.8. The Balaban J connectivity index is 1.43. The molecule has 2 heterocycles. The van der Waals surface area contributed by atoms with Crippen LogP contribution in [0.3, 0.4) is 0 Å². The van der Waals surface area contributed by atoms with Gasteiger partial charge in [0.05, 0.1) is 7.11 Å². The maximum absolute atomic E-state index is 12.4. The maximum Gasteiger partial charge on any atom is 0.270 e. The summed E-state index contributed by atoms with van der Waals surface area (Å²) in [6.07, 6.45) is -0.738.